The summed E-state index contributed by atoms with van der Waals surface area (Å²) >= 11 is 13.2. The number of anilines is 1. The zero-order chi connectivity index (χ0) is 26.1. The van der Waals surface area contributed by atoms with Gasteiger partial charge in [0.15, 0.2) is 12.1 Å². The SMILES string of the molecule is COC(CNC(=O)N(/N=C\c1ccccc1)c1cc(Cl)c(Cc2cccc(C(C)=O)c2)c(Cl)c1)OC. The summed E-state index contributed by atoms with van der Waals surface area (Å²) in [5.41, 5.74) is 3.36. The maximum Gasteiger partial charge on any atom is 0.342 e. The number of halogens is 2. The van der Waals surface area contributed by atoms with E-state index in [0.717, 1.165) is 11.1 Å². The maximum absolute atomic E-state index is 13.1. The van der Waals surface area contributed by atoms with Gasteiger partial charge in [0, 0.05) is 36.2 Å². The van der Waals surface area contributed by atoms with E-state index in [1.807, 2.05) is 48.5 Å². The molecule has 0 atom stereocenters. The monoisotopic (exact) mass is 527 g/mol. The lowest BCUT2D eigenvalue weighted by atomic mass is 10.0. The molecule has 1 N–H and O–H groups in total. The van der Waals surface area contributed by atoms with Crippen molar-refractivity contribution in [3.05, 3.63) is 99.0 Å². The van der Waals surface area contributed by atoms with Crippen LogP contribution in [0.25, 0.3) is 0 Å². The first-order valence-electron chi connectivity index (χ1n) is 11.1. The van der Waals surface area contributed by atoms with Crippen molar-refractivity contribution in [3.8, 4) is 0 Å². The zero-order valence-electron chi connectivity index (χ0n) is 20.2. The summed E-state index contributed by atoms with van der Waals surface area (Å²) < 4.78 is 10.3. The van der Waals surface area contributed by atoms with E-state index in [0.29, 0.717) is 33.3 Å². The van der Waals surface area contributed by atoms with Crippen molar-refractivity contribution in [1.29, 1.82) is 0 Å². The highest BCUT2D eigenvalue weighted by Crippen LogP contribution is 2.33. The van der Waals surface area contributed by atoms with Gasteiger partial charge in [-0.25, -0.2) is 4.79 Å². The third kappa shape index (κ3) is 7.38. The Morgan fingerprint density at radius 1 is 1.00 bits per heavy atom. The van der Waals surface area contributed by atoms with Crippen LogP contribution >= 0.6 is 23.2 Å². The van der Waals surface area contributed by atoms with Crippen LogP contribution in [0.2, 0.25) is 10.0 Å². The Kier molecular flexibility index (Phi) is 10.0. The van der Waals surface area contributed by atoms with E-state index in [2.05, 4.69) is 10.4 Å². The Bertz CT molecular complexity index is 1210. The van der Waals surface area contributed by atoms with E-state index in [1.54, 1.807) is 24.4 Å². The smallest absolute Gasteiger partial charge is 0.342 e. The molecule has 0 saturated heterocycles. The summed E-state index contributed by atoms with van der Waals surface area (Å²) in [6, 6.07) is 19.4. The second-order valence-corrected chi connectivity index (χ2v) is 8.69. The van der Waals surface area contributed by atoms with Gasteiger partial charge in [-0.2, -0.15) is 10.1 Å². The van der Waals surface area contributed by atoms with Gasteiger partial charge < -0.3 is 14.8 Å². The van der Waals surface area contributed by atoms with Gasteiger partial charge >= 0.3 is 6.03 Å². The van der Waals surface area contributed by atoms with Gasteiger partial charge in [-0.15, -0.1) is 0 Å². The van der Waals surface area contributed by atoms with Crippen molar-refractivity contribution in [1.82, 2.24) is 5.32 Å². The number of methoxy groups -OCH3 is 2. The number of carbonyl (C=O) groups excluding carboxylic acids is 2. The molecule has 9 heteroatoms. The average molecular weight is 528 g/mol. The van der Waals surface area contributed by atoms with Crippen molar-refractivity contribution < 1.29 is 19.1 Å². The van der Waals surface area contributed by atoms with Crippen molar-refractivity contribution in [2.75, 3.05) is 25.8 Å². The predicted octanol–water partition coefficient (Wildman–Crippen LogP) is 5.96. The van der Waals surface area contributed by atoms with Crippen LogP contribution in [0.1, 0.15) is 34.0 Å². The molecule has 3 rings (SSSR count). The Labute approximate surface area is 220 Å². The third-order valence-electron chi connectivity index (χ3n) is 5.34. The molecule has 0 bridgehead atoms. The minimum absolute atomic E-state index is 0.0218. The number of benzene rings is 3. The Hall–Kier alpha value is -3.23. The minimum Gasteiger partial charge on any atom is -0.354 e. The van der Waals surface area contributed by atoms with E-state index < -0.39 is 12.3 Å². The molecule has 0 unspecified atom stereocenters. The molecule has 0 saturated carbocycles. The second-order valence-electron chi connectivity index (χ2n) is 7.88. The van der Waals surface area contributed by atoms with Crippen LogP contribution in [0.3, 0.4) is 0 Å². The molecular formula is C27H27Cl2N3O4. The number of carbonyl (C=O) groups is 2. The predicted molar refractivity (Wildman–Crippen MR) is 143 cm³/mol. The van der Waals surface area contributed by atoms with Crippen molar-refractivity contribution in [2.45, 2.75) is 19.6 Å². The van der Waals surface area contributed by atoms with Crippen LogP contribution in [0.4, 0.5) is 10.5 Å². The number of nitrogens with zero attached hydrogens (tertiary/aromatic N) is 2. The number of hydrogen-bond acceptors (Lipinski definition) is 5. The Morgan fingerprint density at radius 2 is 1.67 bits per heavy atom. The Morgan fingerprint density at radius 3 is 2.28 bits per heavy atom. The molecule has 3 aromatic rings. The molecule has 0 spiro atoms. The molecule has 7 nitrogen and oxygen atoms in total. The largest absolute Gasteiger partial charge is 0.354 e. The van der Waals surface area contributed by atoms with E-state index in [9.17, 15) is 9.59 Å². The van der Waals surface area contributed by atoms with Crippen LogP contribution in [0.15, 0.2) is 71.8 Å². The molecule has 3 aromatic carbocycles. The highest BCUT2D eigenvalue weighted by molar-refractivity contribution is 6.36. The molecule has 0 aliphatic rings. The number of hydrazone groups is 1. The molecule has 0 radical (unpaired) electrons. The first kappa shape index (κ1) is 27.4. The molecule has 0 fully saturated rings. The average Bonchev–Trinajstić information content (AvgIpc) is 2.87. The van der Waals surface area contributed by atoms with Crippen molar-refractivity contribution >= 4 is 46.9 Å². The number of Topliss-reactive ketones (excluding diaryl/α,β-unsaturated/α-hetero) is 1. The number of rotatable bonds is 10. The molecule has 0 heterocycles. The van der Waals surface area contributed by atoms with Gasteiger partial charge in [-0.05, 0) is 41.8 Å². The van der Waals surface area contributed by atoms with Crippen LogP contribution in [-0.2, 0) is 15.9 Å². The second kappa shape index (κ2) is 13.2. The fourth-order valence-electron chi connectivity index (χ4n) is 3.39. The molecule has 36 heavy (non-hydrogen) atoms. The number of ether oxygens (including phenoxy) is 2. The van der Waals surface area contributed by atoms with E-state index in [-0.39, 0.29) is 12.3 Å². The van der Waals surface area contributed by atoms with Crippen molar-refractivity contribution in [2.24, 2.45) is 5.10 Å². The molecule has 188 valence electrons. The van der Waals surface area contributed by atoms with E-state index in [1.165, 1.54) is 26.2 Å². The van der Waals surface area contributed by atoms with E-state index >= 15 is 0 Å². The quantitative estimate of drug-likeness (QED) is 0.153. The molecule has 2 amide bonds. The number of nitrogens with one attached hydrogen (secondary N) is 1. The first-order valence-corrected chi connectivity index (χ1v) is 11.9. The number of hydrogen-bond donors (Lipinski definition) is 1. The standard InChI is InChI=1S/C27H27Cl2N3O4/c1-18(33)21-11-7-10-20(12-21)13-23-24(28)14-22(15-25(23)29)32(27(34)30-17-26(35-2)36-3)31-16-19-8-5-4-6-9-19/h4-12,14-16,26H,13,17H2,1-3H3,(H,30,34)/b31-16-. The van der Waals surface area contributed by atoms with Crippen LogP contribution in [0, 0.1) is 0 Å². The molecule has 0 aliphatic heterocycles. The first-order chi connectivity index (χ1) is 17.3. The normalized spacial score (nSPS) is 11.2. The van der Waals surface area contributed by atoms with Crippen LogP contribution < -0.4 is 10.3 Å². The lowest BCUT2D eigenvalue weighted by Crippen LogP contribution is -2.41. The summed E-state index contributed by atoms with van der Waals surface area (Å²) in [6.45, 7) is 1.63. The summed E-state index contributed by atoms with van der Waals surface area (Å²) in [6.07, 6.45) is 1.36. The van der Waals surface area contributed by atoms with E-state index in [4.69, 9.17) is 32.7 Å². The summed E-state index contributed by atoms with van der Waals surface area (Å²) in [4.78, 5) is 24.8. The number of urea groups is 1. The summed E-state index contributed by atoms with van der Waals surface area (Å²) in [7, 11) is 2.96. The third-order valence-corrected chi connectivity index (χ3v) is 6.02. The van der Waals surface area contributed by atoms with Gasteiger partial charge in [0.25, 0.3) is 0 Å². The fraction of sp³-hybridized carbons (Fsp3) is 0.222. The number of amides is 2. The van der Waals surface area contributed by atoms with Gasteiger partial charge in [0.1, 0.15) is 0 Å². The summed E-state index contributed by atoms with van der Waals surface area (Å²) in [5.74, 6) is -0.0218. The van der Waals surface area contributed by atoms with Crippen LogP contribution in [-0.4, -0.2) is 45.1 Å². The Balaban J connectivity index is 1.91. The van der Waals surface area contributed by atoms with Gasteiger partial charge in [0.2, 0.25) is 0 Å². The lowest BCUT2D eigenvalue weighted by molar-refractivity contribution is -0.0970. The minimum atomic E-state index is -0.616. The van der Waals surface area contributed by atoms with Gasteiger partial charge in [-0.3, -0.25) is 4.79 Å². The van der Waals surface area contributed by atoms with Gasteiger partial charge in [-0.1, -0.05) is 71.7 Å². The van der Waals surface area contributed by atoms with Crippen LogP contribution in [0.5, 0.6) is 0 Å². The molecular weight excluding hydrogens is 501 g/mol. The highest BCUT2D eigenvalue weighted by atomic mass is 35.5. The molecule has 0 aliphatic carbocycles. The maximum atomic E-state index is 13.1. The number of ketones is 1. The fourth-order valence-corrected chi connectivity index (χ4v) is 4.00. The highest BCUT2D eigenvalue weighted by Gasteiger charge is 2.20. The zero-order valence-corrected chi connectivity index (χ0v) is 21.7. The molecule has 0 aromatic heterocycles. The van der Waals surface area contributed by atoms with Gasteiger partial charge in [0.05, 0.1) is 18.4 Å². The lowest BCUT2D eigenvalue weighted by Gasteiger charge is -2.21. The van der Waals surface area contributed by atoms with Crippen molar-refractivity contribution in [3.63, 3.8) is 0 Å². The topological polar surface area (TPSA) is 80.2 Å². The summed E-state index contributed by atoms with van der Waals surface area (Å²) in [5, 5.41) is 9.02.